The number of ether oxygens (including phenoxy) is 1. The van der Waals surface area contributed by atoms with Crippen molar-refractivity contribution >= 4 is 46.9 Å². The standard InChI is InChI=1S/C19H26BrN3O4Si/c1-21-16-11-13(20)5-6-14(16)23(19(21)26)15-7-8-17(24)22(18(15)25)12-27-9-10-28(2,3)4/h5-6,11,15H,7-10,12H2,1-4H3. The summed E-state index contributed by atoms with van der Waals surface area (Å²) in [5.41, 5.74) is 1.16. The van der Waals surface area contributed by atoms with Crippen LogP contribution in [0.5, 0.6) is 0 Å². The van der Waals surface area contributed by atoms with Crippen LogP contribution in [0.4, 0.5) is 0 Å². The van der Waals surface area contributed by atoms with E-state index in [0.717, 1.165) is 20.9 Å². The molecule has 28 heavy (non-hydrogen) atoms. The predicted molar refractivity (Wildman–Crippen MR) is 114 cm³/mol. The molecule has 0 radical (unpaired) electrons. The smallest absolute Gasteiger partial charge is 0.329 e. The molecular formula is C19H26BrN3O4Si. The molecule has 1 aliphatic heterocycles. The number of halogens is 1. The van der Waals surface area contributed by atoms with Gasteiger partial charge in [-0.05, 0) is 30.7 Å². The number of hydrogen-bond acceptors (Lipinski definition) is 4. The molecule has 0 bridgehead atoms. The van der Waals surface area contributed by atoms with Crippen LogP contribution in [0.25, 0.3) is 11.0 Å². The number of nitrogens with zero attached hydrogens (tertiary/aromatic N) is 3. The number of imidazole rings is 1. The highest BCUT2D eigenvalue weighted by molar-refractivity contribution is 9.10. The zero-order valence-electron chi connectivity index (χ0n) is 16.7. The van der Waals surface area contributed by atoms with Gasteiger partial charge in [0.1, 0.15) is 12.8 Å². The molecule has 1 saturated heterocycles. The molecule has 152 valence electrons. The first-order valence-electron chi connectivity index (χ1n) is 9.38. The number of fused-ring (bicyclic) bond motifs is 1. The number of amides is 2. The number of likely N-dealkylation sites (tertiary alicyclic amines) is 1. The molecule has 0 saturated carbocycles. The van der Waals surface area contributed by atoms with Crippen LogP contribution < -0.4 is 5.69 Å². The van der Waals surface area contributed by atoms with Crippen LogP contribution in [0.3, 0.4) is 0 Å². The van der Waals surface area contributed by atoms with Gasteiger partial charge < -0.3 is 4.74 Å². The highest BCUT2D eigenvalue weighted by Crippen LogP contribution is 2.28. The molecule has 0 N–H and O–H groups in total. The molecule has 7 nitrogen and oxygen atoms in total. The third-order valence-corrected chi connectivity index (χ3v) is 7.26. The Kier molecular flexibility index (Phi) is 5.97. The summed E-state index contributed by atoms with van der Waals surface area (Å²) in [6.07, 6.45) is 0.533. The van der Waals surface area contributed by atoms with Crippen LogP contribution in [-0.2, 0) is 21.4 Å². The van der Waals surface area contributed by atoms with Gasteiger partial charge in [0.25, 0.3) is 5.91 Å². The van der Waals surface area contributed by atoms with Crippen LogP contribution >= 0.6 is 15.9 Å². The number of benzene rings is 1. The Morgan fingerprint density at radius 1 is 1.18 bits per heavy atom. The Hall–Kier alpha value is -1.71. The van der Waals surface area contributed by atoms with E-state index in [4.69, 9.17) is 4.74 Å². The highest BCUT2D eigenvalue weighted by Gasteiger charge is 2.37. The van der Waals surface area contributed by atoms with Crippen LogP contribution in [-0.4, -0.2) is 47.3 Å². The van der Waals surface area contributed by atoms with Gasteiger partial charge in [-0.3, -0.25) is 23.6 Å². The number of aromatic nitrogens is 2. The Bertz CT molecular complexity index is 976. The monoisotopic (exact) mass is 467 g/mol. The van der Waals surface area contributed by atoms with Crippen LogP contribution in [0, 0.1) is 0 Å². The van der Waals surface area contributed by atoms with E-state index in [1.807, 2.05) is 18.2 Å². The number of piperidine rings is 1. The van der Waals surface area contributed by atoms with Gasteiger partial charge in [-0.2, -0.15) is 0 Å². The van der Waals surface area contributed by atoms with E-state index in [-0.39, 0.29) is 30.7 Å². The average molecular weight is 468 g/mol. The molecule has 1 atom stereocenters. The number of imide groups is 1. The maximum atomic E-state index is 13.1. The number of aryl methyl sites for hydroxylation is 1. The Morgan fingerprint density at radius 2 is 1.89 bits per heavy atom. The molecule has 1 fully saturated rings. The third kappa shape index (κ3) is 4.16. The highest BCUT2D eigenvalue weighted by atomic mass is 79.9. The van der Waals surface area contributed by atoms with Gasteiger partial charge >= 0.3 is 5.69 Å². The summed E-state index contributed by atoms with van der Waals surface area (Å²) in [7, 11) is 0.434. The predicted octanol–water partition coefficient (Wildman–Crippen LogP) is 3.10. The van der Waals surface area contributed by atoms with Crippen molar-refractivity contribution < 1.29 is 14.3 Å². The lowest BCUT2D eigenvalue weighted by Gasteiger charge is -2.31. The summed E-state index contributed by atoms with van der Waals surface area (Å²) in [6, 6.07) is 5.77. The van der Waals surface area contributed by atoms with Crippen molar-refractivity contribution in [3.05, 3.63) is 33.2 Å². The molecule has 0 spiro atoms. The van der Waals surface area contributed by atoms with Gasteiger partial charge in [-0.1, -0.05) is 35.6 Å². The number of hydrogen-bond donors (Lipinski definition) is 0. The third-order valence-electron chi connectivity index (χ3n) is 5.06. The van der Waals surface area contributed by atoms with Crippen molar-refractivity contribution in [1.82, 2.24) is 14.0 Å². The molecule has 9 heteroatoms. The molecule has 3 rings (SSSR count). The van der Waals surface area contributed by atoms with E-state index < -0.39 is 14.1 Å². The summed E-state index contributed by atoms with van der Waals surface area (Å²) in [5, 5.41) is 0. The van der Waals surface area contributed by atoms with Crippen molar-refractivity contribution in [2.45, 2.75) is 44.6 Å². The van der Waals surface area contributed by atoms with Crippen molar-refractivity contribution in [3.63, 3.8) is 0 Å². The lowest BCUT2D eigenvalue weighted by Crippen LogP contribution is -2.48. The van der Waals surface area contributed by atoms with Crippen LogP contribution in [0.1, 0.15) is 18.9 Å². The fraction of sp³-hybridized carbons (Fsp3) is 0.526. The molecule has 1 aliphatic rings. The van der Waals surface area contributed by atoms with Crippen molar-refractivity contribution in [2.24, 2.45) is 7.05 Å². The van der Waals surface area contributed by atoms with E-state index in [0.29, 0.717) is 18.5 Å². The summed E-state index contributed by atoms with van der Waals surface area (Å²) in [6.45, 7) is 7.21. The molecule has 2 amide bonds. The minimum absolute atomic E-state index is 0.0519. The molecule has 0 aliphatic carbocycles. The van der Waals surface area contributed by atoms with Gasteiger partial charge in [-0.15, -0.1) is 0 Å². The van der Waals surface area contributed by atoms with Gasteiger partial charge in [0.05, 0.1) is 11.0 Å². The van der Waals surface area contributed by atoms with Gasteiger partial charge in [0, 0.05) is 32.6 Å². The van der Waals surface area contributed by atoms with E-state index in [9.17, 15) is 14.4 Å². The topological polar surface area (TPSA) is 73.5 Å². The average Bonchev–Trinajstić information content (AvgIpc) is 2.85. The molecule has 1 unspecified atom stereocenters. The maximum absolute atomic E-state index is 13.1. The number of carbonyl (C=O) groups is 2. The first-order chi connectivity index (χ1) is 13.1. The zero-order chi connectivity index (χ0) is 20.6. The second kappa shape index (κ2) is 7.96. The largest absolute Gasteiger partial charge is 0.361 e. The Morgan fingerprint density at radius 3 is 2.57 bits per heavy atom. The van der Waals surface area contributed by atoms with E-state index in [1.54, 1.807) is 7.05 Å². The van der Waals surface area contributed by atoms with Gasteiger partial charge in [-0.25, -0.2) is 4.79 Å². The first kappa shape index (κ1) is 21.0. The number of carbonyl (C=O) groups excluding carboxylic acids is 2. The van der Waals surface area contributed by atoms with E-state index in [2.05, 4.69) is 35.6 Å². The summed E-state index contributed by atoms with van der Waals surface area (Å²) in [4.78, 5) is 39.3. The molecule has 1 aromatic heterocycles. The molecule has 2 heterocycles. The van der Waals surface area contributed by atoms with Crippen molar-refractivity contribution in [2.75, 3.05) is 13.3 Å². The van der Waals surface area contributed by atoms with E-state index in [1.165, 1.54) is 9.13 Å². The van der Waals surface area contributed by atoms with Crippen LogP contribution in [0.15, 0.2) is 27.5 Å². The van der Waals surface area contributed by atoms with E-state index >= 15 is 0 Å². The fourth-order valence-electron chi connectivity index (χ4n) is 3.37. The number of rotatable bonds is 6. The molecule has 2 aromatic rings. The van der Waals surface area contributed by atoms with Crippen molar-refractivity contribution in [3.8, 4) is 0 Å². The second-order valence-electron chi connectivity index (χ2n) is 8.41. The van der Waals surface area contributed by atoms with Crippen molar-refractivity contribution in [1.29, 1.82) is 0 Å². The Balaban J connectivity index is 1.85. The first-order valence-corrected chi connectivity index (χ1v) is 13.9. The molecule has 1 aromatic carbocycles. The summed E-state index contributed by atoms with van der Waals surface area (Å²) in [5.74, 6) is -0.618. The summed E-state index contributed by atoms with van der Waals surface area (Å²) < 4.78 is 9.52. The maximum Gasteiger partial charge on any atom is 0.329 e. The fourth-order valence-corrected chi connectivity index (χ4v) is 4.47. The summed E-state index contributed by atoms with van der Waals surface area (Å²) >= 11 is 3.42. The lowest BCUT2D eigenvalue weighted by molar-refractivity contribution is -0.157. The quantitative estimate of drug-likeness (QED) is 0.371. The minimum Gasteiger partial charge on any atom is -0.361 e. The SMILES string of the molecule is Cn1c(=O)n(C2CCC(=O)N(COCC[Si](C)(C)C)C2=O)c2ccc(Br)cc21. The zero-order valence-corrected chi connectivity index (χ0v) is 19.3. The van der Waals surface area contributed by atoms with Gasteiger partial charge in [0.15, 0.2) is 0 Å². The molecular weight excluding hydrogens is 442 g/mol. The normalized spacial score (nSPS) is 18.3. The van der Waals surface area contributed by atoms with Gasteiger partial charge in [0.2, 0.25) is 5.91 Å². The lowest BCUT2D eigenvalue weighted by atomic mass is 10.0. The Labute approximate surface area is 173 Å². The second-order valence-corrected chi connectivity index (χ2v) is 14.9. The minimum atomic E-state index is -1.25. The van der Waals surface area contributed by atoms with Crippen LogP contribution in [0.2, 0.25) is 25.7 Å².